The van der Waals surface area contributed by atoms with E-state index in [0.29, 0.717) is 17.9 Å². The minimum Gasteiger partial charge on any atom is -0.341 e. The number of carbonyl (C=O) groups is 1. The van der Waals surface area contributed by atoms with Gasteiger partial charge in [-0.3, -0.25) is 14.9 Å². The van der Waals surface area contributed by atoms with Gasteiger partial charge in [-0.15, -0.1) is 0 Å². The van der Waals surface area contributed by atoms with Crippen LogP contribution >= 0.6 is 0 Å². The number of nitrogens with zero attached hydrogens (tertiary/aromatic N) is 2. The van der Waals surface area contributed by atoms with E-state index >= 15 is 0 Å². The van der Waals surface area contributed by atoms with Gasteiger partial charge in [0.1, 0.15) is 0 Å². The van der Waals surface area contributed by atoms with Crippen LogP contribution in [0.15, 0.2) is 24.3 Å². The van der Waals surface area contributed by atoms with Crippen molar-refractivity contribution in [2.24, 2.45) is 5.92 Å². The van der Waals surface area contributed by atoms with Crippen molar-refractivity contribution in [1.82, 2.24) is 10.2 Å². The number of nitro benzene ring substituents is 1. The number of piperidine rings is 1. The Bertz CT molecular complexity index is 513. The van der Waals surface area contributed by atoms with Gasteiger partial charge in [-0.05, 0) is 31.8 Å². The zero-order chi connectivity index (χ0) is 15.2. The van der Waals surface area contributed by atoms with Gasteiger partial charge in [-0.2, -0.15) is 0 Å². The van der Waals surface area contributed by atoms with Crippen LogP contribution in [0.2, 0.25) is 0 Å². The Morgan fingerprint density at radius 2 is 2.05 bits per heavy atom. The third-order valence-electron chi connectivity index (χ3n) is 3.94. The van der Waals surface area contributed by atoms with Gasteiger partial charge >= 0.3 is 0 Å². The standard InChI is InChI=1S/C15H21N3O3/c1-17(15(19)10-12-6-8-16-9-7-12)11-13-4-2-3-5-14(13)18(20)21/h2-5,12,16H,6-11H2,1H3. The zero-order valence-electron chi connectivity index (χ0n) is 12.2. The summed E-state index contributed by atoms with van der Waals surface area (Å²) in [5.74, 6) is 0.479. The highest BCUT2D eigenvalue weighted by Gasteiger charge is 2.21. The maximum Gasteiger partial charge on any atom is 0.274 e. The Morgan fingerprint density at radius 1 is 1.38 bits per heavy atom. The van der Waals surface area contributed by atoms with E-state index in [1.54, 1.807) is 30.1 Å². The van der Waals surface area contributed by atoms with Crippen LogP contribution < -0.4 is 5.32 Å². The van der Waals surface area contributed by atoms with Crippen molar-refractivity contribution in [2.75, 3.05) is 20.1 Å². The fraction of sp³-hybridized carbons (Fsp3) is 0.533. The summed E-state index contributed by atoms with van der Waals surface area (Å²) >= 11 is 0. The van der Waals surface area contributed by atoms with Crippen LogP contribution in [-0.2, 0) is 11.3 Å². The van der Waals surface area contributed by atoms with Crippen molar-refractivity contribution < 1.29 is 9.72 Å². The van der Waals surface area contributed by atoms with Crippen molar-refractivity contribution in [3.05, 3.63) is 39.9 Å². The summed E-state index contributed by atoms with van der Waals surface area (Å²) in [5.41, 5.74) is 0.641. The molecule has 1 heterocycles. The fourth-order valence-electron chi connectivity index (χ4n) is 2.65. The first-order valence-corrected chi connectivity index (χ1v) is 7.25. The predicted octanol–water partition coefficient (Wildman–Crippen LogP) is 1.94. The molecule has 1 N–H and O–H groups in total. The maximum absolute atomic E-state index is 12.2. The van der Waals surface area contributed by atoms with Gasteiger partial charge in [0, 0.05) is 25.1 Å². The van der Waals surface area contributed by atoms with E-state index in [1.807, 2.05) is 0 Å². The number of nitrogens with one attached hydrogen (secondary N) is 1. The van der Waals surface area contributed by atoms with Crippen LogP contribution in [0.1, 0.15) is 24.8 Å². The van der Waals surface area contributed by atoms with Gasteiger partial charge < -0.3 is 10.2 Å². The van der Waals surface area contributed by atoms with Crippen molar-refractivity contribution in [1.29, 1.82) is 0 Å². The largest absolute Gasteiger partial charge is 0.341 e. The van der Waals surface area contributed by atoms with Crippen LogP contribution in [0, 0.1) is 16.0 Å². The van der Waals surface area contributed by atoms with Crippen LogP contribution in [0.25, 0.3) is 0 Å². The molecule has 6 nitrogen and oxygen atoms in total. The number of hydrogen-bond donors (Lipinski definition) is 1. The summed E-state index contributed by atoms with van der Waals surface area (Å²) in [6.07, 6.45) is 2.56. The number of hydrogen-bond acceptors (Lipinski definition) is 4. The average Bonchev–Trinajstić information content (AvgIpc) is 2.48. The molecular formula is C15H21N3O3. The number of nitro groups is 1. The van der Waals surface area contributed by atoms with Crippen LogP contribution in [-0.4, -0.2) is 35.9 Å². The smallest absolute Gasteiger partial charge is 0.274 e. The molecule has 6 heteroatoms. The van der Waals surface area contributed by atoms with Crippen molar-refractivity contribution in [2.45, 2.75) is 25.8 Å². The highest BCUT2D eigenvalue weighted by molar-refractivity contribution is 5.76. The topological polar surface area (TPSA) is 75.5 Å². The molecular weight excluding hydrogens is 270 g/mol. The molecule has 0 atom stereocenters. The maximum atomic E-state index is 12.2. The molecule has 114 valence electrons. The molecule has 21 heavy (non-hydrogen) atoms. The SMILES string of the molecule is CN(Cc1ccccc1[N+](=O)[O-])C(=O)CC1CCNCC1. The van der Waals surface area contributed by atoms with E-state index in [-0.39, 0.29) is 18.1 Å². The fourth-order valence-corrected chi connectivity index (χ4v) is 2.65. The first-order valence-electron chi connectivity index (χ1n) is 7.25. The second-order valence-electron chi connectivity index (χ2n) is 5.53. The number of carbonyl (C=O) groups excluding carboxylic acids is 1. The molecule has 1 saturated heterocycles. The van der Waals surface area contributed by atoms with Gasteiger partial charge in [0.15, 0.2) is 0 Å². The zero-order valence-corrected chi connectivity index (χ0v) is 12.2. The number of amides is 1. The van der Waals surface area contributed by atoms with E-state index in [1.165, 1.54) is 6.07 Å². The van der Waals surface area contributed by atoms with E-state index < -0.39 is 4.92 Å². The first-order chi connectivity index (χ1) is 10.1. The summed E-state index contributed by atoms with van der Waals surface area (Å²) in [5, 5.41) is 14.3. The van der Waals surface area contributed by atoms with E-state index in [0.717, 1.165) is 25.9 Å². The molecule has 0 unspecified atom stereocenters. The molecule has 0 radical (unpaired) electrons. The van der Waals surface area contributed by atoms with Gasteiger partial charge in [0.05, 0.1) is 11.5 Å². The lowest BCUT2D eigenvalue weighted by Gasteiger charge is -2.25. The molecule has 1 aromatic carbocycles. The van der Waals surface area contributed by atoms with Gasteiger partial charge in [-0.25, -0.2) is 0 Å². The van der Waals surface area contributed by atoms with E-state index in [2.05, 4.69) is 5.32 Å². The highest BCUT2D eigenvalue weighted by atomic mass is 16.6. The van der Waals surface area contributed by atoms with Crippen LogP contribution in [0.4, 0.5) is 5.69 Å². The molecule has 0 aromatic heterocycles. The predicted molar refractivity (Wildman–Crippen MR) is 79.8 cm³/mol. The molecule has 2 rings (SSSR count). The monoisotopic (exact) mass is 291 g/mol. The minimum atomic E-state index is -0.402. The molecule has 0 saturated carbocycles. The quantitative estimate of drug-likeness (QED) is 0.664. The highest BCUT2D eigenvalue weighted by Crippen LogP contribution is 2.21. The molecule has 1 aliphatic heterocycles. The lowest BCUT2D eigenvalue weighted by molar-refractivity contribution is -0.385. The summed E-state index contributed by atoms with van der Waals surface area (Å²) < 4.78 is 0. The Morgan fingerprint density at radius 3 is 2.71 bits per heavy atom. The molecule has 0 bridgehead atoms. The van der Waals surface area contributed by atoms with Crippen molar-refractivity contribution >= 4 is 11.6 Å². The van der Waals surface area contributed by atoms with Crippen molar-refractivity contribution in [3.63, 3.8) is 0 Å². The number of rotatable bonds is 5. The first kappa shape index (κ1) is 15.4. The Labute approximate surface area is 124 Å². The summed E-state index contributed by atoms with van der Waals surface area (Å²) in [6.45, 7) is 2.21. The van der Waals surface area contributed by atoms with Crippen LogP contribution in [0.3, 0.4) is 0 Å². The molecule has 1 aromatic rings. The third-order valence-corrected chi connectivity index (χ3v) is 3.94. The van der Waals surface area contributed by atoms with E-state index in [9.17, 15) is 14.9 Å². The molecule has 1 fully saturated rings. The summed E-state index contributed by atoms with van der Waals surface area (Å²) in [6, 6.07) is 6.57. The molecule has 0 spiro atoms. The van der Waals surface area contributed by atoms with Gasteiger partial charge in [-0.1, -0.05) is 18.2 Å². The number of benzene rings is 1. The molecule has 1 aliphatic rings. The second kappa shape index (κ2) is 7.17. The lowest BCUT2D eigenvalue weighted by Crippen LogP contribution is -2.33. The minimum absolute atomic E-state index is 0.0556. The average molecular weight is 291 g/mol. The molecule has 0 aliphatic carbocycles. The number of para-hydroxylation sites is 1. The van der Waals surface area contributed by atoms with Gasteiger partial charge in [0.2, 0.25) is 5.91 Å². The third kappa shape index (κ3) is 4.26. The summed E-state index contributed by atoms with van der Waals surface area (Å²) in [7, 11) is 1.71. The van der Waals surface area contributed by atoms with Gasteiger partial charge in [0.25, 0.3) is 5.69 Å². The van der Waals surface area contributed by atoms with Crippen LogP contribution in [0.5, 0.6) is 0 Å². The second-order valence-corrected chi connectivity index (χ2v) is 5.53. The molecule has 1 amide bonds. The Kier molecular flexibility index (Phi) is 5.27. The van der Waals surface area contributed by atoms with E-state index in [4.69, 9.17) is 0 Å². The Hall–Kier alpha value is -1.95. The van der Waals surface area contributed by atoms with Crippen molar-refractivity contribution in [3.8, 4) is 0 Å². The Balaban J connectivity index is 1.95. The lowest BCUT2D eigenvalue weighted by atomic mass is 9.94. The summed E-state index contributed by atoms with van der Waals surface area (Å²) in [4.78, 5) is 24.4. The normalized spacial score (nSPS) is 15.7.